The number of sulfone groups is 1. The number of hydrogen-bond donors (Lipinski definition) is 0. The van der Waals surface area contributed by atoms with Crippen molar-refractivity contribution >= 4 is 26.6 Å². The Morgan fingerprint density at radius 1 is 1.30 bits per heavy atom. The first-order chi connectivity index (χ1) is 12.7. The van der Waals surface area contributed by atoms with E-state index in [9.17, 15) is 13.2 Å². The van der Waals surface area contributed by atoms with E-state index < -0.39 is 9.84 Å². The lowest BCUT2D eigenvalue weighted by molar-refractivity contribution is 0.0725. The van der Waals surface area contributed by atoms with E-state index in [4.69, 9.17) is 4.74 Å². The molecule has 0 N–H and O–H groups in total. The summed E-state index contributed by atoms with van der Waals surface area (Å²) in [7, 11) is 0.290. The van der Waals surface area contributed by atoms with E-state index in [1.807, 2.05) is 19.9 Å². The lowest BCUT2D eigenvalue weighted by atomic mass is 10.1. The first kappa shape index (κ1) is 19.7. The fourth-order valence-corrected chi connectivity index (χ4v) is 5.88. The molecule has 7 nitrogen and oxygen atoms in total. The number of carbonyl (C=O) groups excluding carboxylic acids is 1. The van der Waals surface area contributed by atoms with E-state index in [0.29, 0.717) is 42.9 Å². The number of methoxy groups -OCH3 is 1. The molecule has 1 aliphatic rings. The number of nitrogens with zero attached hydrogens (tertiary/aromatic N) is 3. The molecule has 0 radical (unpaired) electrons. The third kappa shape index (κ3) is 3.95. The number of ether oxygens (including phenoxy) is 1. The first-order valence-electron chi connectivity index (χ1n) is 9.24. The minimum Gasteiger partial charge on any atom is -0.481 e. The van der Waals surface area contributed by atoms with Crippen LogP contribution in [0, 0.1) is 5.92 Å². The van der Waals surface area contributed by atoms with E-state index in [0.717, 1.165) is 5.39 Å². The van der Waals surface area contributed by atoms with Gasteiger partial charge in [0.15, 0.2) is 9.84 Å². The van der Waals surface area contributed by atoms with Crippen LogP contribution in [0.5, 0.6) is 5.88 Å². The number of likely N-dealkylation sites (tertiary alicyclic amines) is 1. The highest BCUT2D eigenvalue weighted by atomic mass is 32.2. The molecule has 3 rings (SSSR count). The third-order valence-electron chi connectivity index (χ3n) is 5.02. The average Bonchev–Trinajstić information content (AvgIpc) is 2.94. The summed E-state index contributed by atoms with van der Waals surface area (Å²) < 4.78 is 31.8. The van der Waals surface area contributed by atoms with E-state index in [-0.39, 0.29) is 22.8 Å². The molecule has 1 fully saturated rings. The fraction of sp³-hybridized carbons (Fsp3) is 0.579. The van der Waals surface area contributed by atoms with Crippen molar-refractivity contribution in [2.24, 2.45) is 13.0 Å². The maximum atomic E-state index is 12.8. The highest BCUT2D eigenvalue weighted by Gasteiger charge is 2.32. The molecule has 0 atom stereocenters. The Morgan fingerprint density at radius 3 is 2.56 bits per heavy atom. The first-order valence-corrected chi connectivity index (χ1v) is 11.0. The second-order valence-corrected chi connectivity index (χ2v) is 9.91. The van der Waals surface area contributed by atoms with Gasteiger partial charge in [0.05, 0.1) is 29.0 Å². The predicted octanol–water partition coefficient (Wildman–Crippen LogP) is 2.26. The van der Waals surface area contributed by atoms with Gasteiger partial charge in [-0.25, -0.2) is 13.1 Å². The molecular weight excluding hydrogens is 366 g/mol. The summed E-state index contributed by atoms with van der Waals surface area (Å²) in [5.41, 5.74) is 1.27. The van der Waals surface area contributed by atoms with Crippen LogP contribution in [0.3, 0.4) is 0 Å². The van der Waals surface area contributed by atoms with Crippen molar-refractivity contribution in [2.45, 2.75) is 31.9 Å². The molecule has 148 valence electrons. The summed E-state index contributed by atoms with van der Waals surface area (Å²) in [4.78, 5) is 14.6. The predicted molar refractivity (Wildman–Crippen MR) is 105 cm³/mol. The number of piperidine rings is 1. The SMILES string of the molecule is COc1c2ccc(C(=O)N3CCC(S(=O)(=O)CC(C)C)CC3)cc2nn1C. The van der Waals surface area contributed by atoms with Gasteiger partial charge in [-0.15, -0.1) is 0 Å². The molecule has 1 aliphatic heterocycles. The molecule has 1 saturated heterocycles. The second kappa shape index (κ2) is 7.50. The largest absolute Gasteiger partial charge is 0.481 e. The van der Waals surface area contributed by atoms with Gasteiger partial charge in [0.1, 0.15) is 0 Å². The van der Waals surface area contributed by atoms with Gasteiger partial charge in [0, 0.05) is 25.7 Å². The number of hydrogen-bond acceptors (Lipinski definition) is 5. The van der Waals surface area contributed by atoms with Crippen LogP contribution in [0.4, 0.5) is 0 Å². The highest BCUT2D eigenvalue weighted by Crippen LogP contribution is 2.27. The van der Waals surface area contributed by atoms with Crippen molar-refractivity contribution in [2.75, 3.05) is 26.0 Å². The van der Waals surface area contributed by atoms with Crippen molar-refractivity contribution in [3.05, 3.63) is 23.8 Å². The van der Waals surface area contributed by atoms with Crippen molar-refractivity contribution in [1.82, 2.24) is 14.7 Å². The average molecular weight is 394 g/mol. The smallest absolute Gasteiger partial charge is 0.253 e. The molecule has 1 aromatic heterocycles. The summed E-state index contributed by atoms with van der Waals surface area (Å²) in [5.74, 6) is 0.905. The van der Waals surface area contributed by atoms with Crippen LogP contribution >= 0.6 is 0 Å². The molecule has 0 saturated carbocycles. The molecule has 0 unspecified atom stereocenters. The molecule has 1 aromatic carbocycles. The number of amides is 1. The second-order valence-electron chi connectivity index (χ2n) is 7.58. The standard InChI is InChI=1S/C19H27N3O4S/c1-13(2)12-27(24,25)15-7-9-22(10-8-15)18(23)14-5-6-16-17(11-14)20-21(3)19(16)26-4/h5-6,11,13,15H,7-10,12H2,1-4H3. The van der Waals surface area contributed by atoms with Gasteiger partial charge in [-0.2, -0.15) is 5.10 Å². The Bertz CT molecular complexity index is 941. The minimum atomic E-state index is -3.09. The summed E-state index contributed by atoms with van der Waals surface area (Å²) >= 11 is 0. The van der Waals surface area contributed by atoms with Crippen molar-refractivity contribution in [3.8, 4) is 5.88 Å². The number of fused-ring (bicyclic) bond motifs is 1. The summed E-state index contributed by atoms with van der Waals surface area (Å²) in [5, 5.41) is 4.90. The van der Waals surface area contributed by atoms with E-state index in [1.165, 1.54) is 0 Å². The zero-order chi connectivity index (χ0) is 19.8. The van der Waals surface area contributed by atoms with Crippen molar-refractivity contribution < 1.29 is 17.9 Å². The van der Waals surface area contributed by atoms with E-state index in [1.54, 1.807) is 35.9 Å². The molecule has 1 amide bonds. The van der Waals surface area contributed by atoms with Crippen LogP contribution in [0.25, 0.3) is 10.9 Å². The Kier molecular flexibility index (Phi) is 5.46. The molecule has 0 spiro atoms. The third-order valence-corrected chi connectivity index (χ3v) is 7.64. The molecular formula is C19H27N3O4S. The number of aromatic nitrogens is 2. The number of benzene rings is 1. The Balaban J connectivity index is 1.72. The normalized spacial score (nSPS) is 16.3. The molecule has 2 heterocycles. The lowest BCUT2D eigenvalue weighted by Crippen LogP contribution is -2.43. The number of rotatable bonds is 5. The molecule has 2 aromatic rings. The van der Waals surface area contributed by atoms with Crippen LogP contribution in [0.15, 0.2) is 18.2 Å². The van der Waals surface area contributed by atoms with E-state index in [2.05, 4.69) is 5.10 Å². The van der Waals surface area contributed by atoms with Crippen LogP contribution in [-0.2, 0) is 16.9 Å². The zero-order valence-electron chi connectivity index (χ0n) is 16.3. The molecule has 0 bridgehead atoms. The molecule has 27 heavy (non-hydrogen) atoms. The fourth-order valence-electron chi connectivity index (χ4n) is 3.75. The van der Waals surface area contributed by atoms with Gasteiger partial charge in [-0.3, -0.25) is 4.79 Å². The highest BCUT2D eigenvalue weighted by molar-refractivity contribution is 7.92. The minimum absolute atomic E-state index is 0.0822. The van der Waals surface area contributed by atoms with Gasteiger partial charge in [0.2, 0.25) is 5.88 Å². The van der Waals surface area contributed by atoms with Gasteiger partial charge in [-0.1, -0.05) is 13.8 Å². The topological polar surface area (TPSA) is 81.5 Å². The van der Waals surface area contributed by atoms with Crippen LogP contribution in [-0.4, -0.2) is 60.2 Å². The monoisotopic (exact) mass is 393 g/mol. The van der Waals surface area contributed by atoms with E-state index >= 15 is 0 Å². The summed E-state index contributed by atoms with van der Waals surface area (Å²) in [6.45, 7) is 4.76. The van der Waals surface area contributed by atoms with Crippen LogP contribution in [0.1, 0.15) is 37.0 Å². The van der Waals surface area contributed by atoms with Crippen molar-refractivity contribution in [3.63, 3.8) is 0 Å². The van der Waals surface area contributed by atoms with Gasteiger partial charge < -0.3 is 9.64 Å². The van der Waals surface area contributed by atoms with Crippen LogP contribution in [0.2, 0.25) is 0 Å². The quantitative estimate of drug-likeness (QED) is 0.778. The Morgan fingerprint density at radius 2 is 1.96 bits per heavy atom. The van der Waals surface area contributed by atoms with Gasteiger partial charge in [0.25, 0.3) is 5.91 Å². The maximum absolute atomic E-state index is 12.8. The number of aryl methyl sites for hydroxylation is 1. The van der Waals surface area contributed by atoms with Gasteiger partial charge in [-0.05, 0) is 37.0 Å². The van der Waals surface area contributed by atoms with Gasteiger partial charge >= 0.3 is 0 Å². The number of carbonyl (C=O) groups is 1. The summed E-state index contributed by atoms with van der Waals surface area (Å²) in [6, 6.07) is 5.38. The Labute approximate surface area is 160 Å². The molecule has 0 aliphatic carbocycles. The zero-order valence-corrected chi connectivity index (χ0v) is 17.1. The lowest BCUT2D eigenvalue weighted by Gasteiger charge is -2.32. The molecule has 8 heteroatoms. The maximum Gasteiger partial charge on any atom is 0.253 e. The summed E-state index contributed by atoms with van der Waals surface area (Å²) in [6.07, 6.45) is 1.00. The van der Waals surface area contributed by atoms with Crippen molar-refractivity contribution in [1.29, 1.82) is 0 Å². The van der Waals surface area contributed by atoms with Crippen LogP contribution < -0.4 is 4.74 Å². The Hall–Kier alpha value is -2.09.